The van der Waals surface area contributed by atoms with Crippen LogP contribution in [-0.4, -0.2) is 16.4 Å². The molecule has 0 radical (unpaired) electrons. The van der Waals surface area contributed by atoms with Crippen LogP contribution >= 0.6 is 0 Å². The Morgan fingerprint density at radius 3 is 2.33 bits per heavy atom. The Labute approximate surface area is 122 Å². The lowest BCUT2D eigenvalue weighted by Crippen LogP contribution is -2.18. The molecule has 1 heterocycles. The molecule has 0 aliphatic rings. The van der Waals surface area contributed by atoms with Gasteiger partial charge in [-0.15, -0.1) is 0 Å². The lowest BCUT2D eigenvalue weighted by molar-refractivity contribution is 0.0997. The third-order valence-corrected chi connectivity index (χ3v) is 3.09. The quantitative estimate of drug-likeness (QED) is 0.800. The van der Waals surface area contributed by atoms with Crippen molar-refractivity contribution < 1.29 is 9.59 Å². The minimum atomic E-state index is -0.505. The van der Waals surface area contributed by atoms with E-state index in [4.69, 9.17) is 11.5 Å². The van der Waals surface area contributed by atoms with Crippen molar-refractivity contribution in [3.8, 4) is 0 Å². The number of rotatable bonds is 4. The van der Waals surface area contributed by atoms with E-state index in [-0.39, 0.29) is 11.9 Å². The van der Waals surface area contributed by atoms with Gasteiger partial charge < -0.3 is 21.4 Å². The number of aromatic nitrogens is 1. The molecular weight excluding hydrogens is 268 g/mol. The second-order valence-corrected chi connectivity index (χ2v) is 5.06. The number of nitrogens with two attached hydrogens (primary N) is 2. The summed E-state index contributed by atoms with van der Waals surface area (Å²) in [6, 6.07) is 8.14. The summed E-state index contributed by atoms with van der Waals surface area (Å²) in [6.45, 7) is 3.94. The zero-order valence-corrected chi connectivity index (χ0v) is 12.0. The molecular formula is C15H18N4O2. The largest absolute Gasteiger partial charge is 0.397 e. The molecule has 5 N–H and O–H groups in total. The van der Waals surface area contributed by atoms with E-state index in [9.17, 15) is 9.59 Å². The second-order valence-electron chi connectivity index (χ2n) is 5.06. The number of carbonyl (C=O) groups is 2. The average molecular weight is 286 g/mol. The number of nitrogens with zero attached hydrogens (tertiary/aromatic N) is 1. The van der Waals surface area contributed by atoms with Crippen molar-refractivity contribution in [3.05, 3.63) is 47.8 Å². The topological polar surface area (TPSA) is 103 Å². The Hall–Kier alpha value is -2.76. The SMILES string of the molecule is CC(C)n1cc(N)cc1C(=O)Nc1ccc(C(N)=O)cc1. The van der Waals surface area contributed by atoms with E-state index in [1.54, 1.807) is 36.5 Å². The first-order valence-electron chi connectivity index (χ1n) is 6.57. The summed E-state index contributed by atoms with van der Waals surface area (Å²) in [5.74, 6) is -0.762. The van der Waals surface area contributed by atoms with Gasteiger partial charge in [-0.2, -0.15) is 0 Å². The zero-order valence-electron chi connectivity index (χ0n) is 12.0. The van der Waals surface area contributed by atoms with E-state index < -0.39 is 5.91 Å². The Kier molecular flexibility index (Phi) is 3.98. The summed E-state index contributed by atoms with van der Waals surface area (Å²) >= 11 is 0. The van der Waals surface area contributed by atoms with Gasteiger partial charge in [0.15, 0.2) is 0 Å². The molecule has 2 rings (SSSR count). The Bertz CT molecular complexity index is 671. The van der Waals surface area contributed by atoms with Crippen LogP contribution in [0.1, 0.15) is 40.7 Å². The first kappa shape index (κ1) is 14.6. The summed E-state index contributed by atoms with van der Waals surface area (Å²) in [5.41, 5.74) is 12.9. The fourth-order valence-corrected chi connectivity index (χ4v) is 2.02. The minimum Gasteiger partial charge on any atom is -0.397 e. The van der Waals surface area contributed by atoms with E-state index in [0.717, 1.165) is 0 Å². The van der Waals surface area contributed by atoms with E-state index in [2.05, 4.69) is 5.32 Å². The molecule has 2 amide bonds. The number of carbonyl (C=O) groups excluding carboxylic acids is 2. The molecule has 1 aromatic carbocycles. The normalized spacial score (nSPS) is 10.6. The molecule has 0 aliphatic carbocycles. The van der Waals surface area contributed by atoms with Crippen LogP contribution in [-0.2, 0) is 0 Å². The van der Waals surface area contributed by atoms with Gasteiger partial charge in [-0.3, -0.25) is 9.59 Å². The minimum absolute atomic E-state index is 0.125. The number of anilines is 2. The molecule has 0 spiro atoms. The van der Waals surface area contributed by atoms with Crippen molar-refractivity contribution in [2.75, 3.05) is 11.1 Å². The van der Waals surface area contributed by atoms with Gasteiger partial charge in [0.1, 0.15) is 5.69 Å². The third-order valence-electron chi connectivity index (χ3n) is 3.09. The average Bonchev–Trinajstić information content (AvgIpc) is 2.82. The maximum Gasteiger partial charge on any atom is 0.272 e. The first-order chi connectivity index (χ1) is 9.88. The number of amides is 2. The molecule has 6 nitrogen and oxygen atoms in total. The van der Waals surface area contributed by atoms with Crippen molar-refractivity contribution in [2.45, 2.75) is 19.9 Å². The van der Waals surface area contributed by atoms with Crippen LogP contribution in [0.3, 0.4) is 0 Å². The molecule has 0 fully saturated rings. The summed E-state index contributed by atoms with van der Waals surface area (Å²) in [7, 11) is 0. The van der Waals surface area contributed by atoms with Gasteiger partial charge in [0.25, 0.3) is 5.91 Å². The molecule has 2 aromatic rings. The van der Waals surface area contributed by atoms with Crippen molar-refractivity contribution in [2.24, 2.45) is 5.73 Å². The first-order valence-corrected chi connectivity index (χ1v) is 6.57. The highest BCUT2D eigenvalue weighted by Gasteiger charge is 2.15. The molecule has 0 atom stereocenters. The fourth-order valence-electron chi connectivity index (χ4n) is 2.02. The van der Waals surface area contributed by atoms with Crippen molar-refractivity contribution in [3.63, 3.8) is 0 Å². The maximum absolute atomic E-state index is 12.3. The van der Waals surface area contributed by atoms with Crippen molar-refractivity contribution in [1.29, 1.82) is 0 Å². The lowest BCUT2D eigenvalue weighted by atomic mass is 10.2. The van der Waals surface area contributed by atoms with Crippen molar-refractivity contribution >= 4 is 23.2 Å². The molecule has 110 valence electrons. The standard InChI is InChI=1S/C15H18N4O2/c1-9(2)19-8-11(16)7-13(19)15(21)18-12-5-3-10(4-6-12)14(17)20/h3-9H,16H2,1-2H3,(H2,17,20)(H,18,21). The number of nitrogen functional groups attached to an aromatic ring is 1. The van der Waals surface area contributed by atoms with Gasteiger partial charge in [0.05, 0.1) is 5.69 Å². The van der Waals surface area contributed by atoms with Crippen LogP contribution < -0.4 is 16.8 Å². The van der Waals surface area contributed by atoms with Crippen LogP contribution in [0.15, 0.2) is 36.5 Å². The van der Waals surface area contributed by atoms with Crippen LogP contribution in [0.2, 0.25) is 0 Å². The Balaban J connectivity index is 2.20. The smallest absolute Gasteiger partial charge is 0.272 e. The second kappa shape index (κ2) is 5.70. The molecule has 1 aromatic heterocycles. The number of hydrogen-bond donors (Lipinski definition) is 3. The fraction of sp³-hybridized carbons (Fsp3) is 0.200. The molecule has 21 heavy (non-hydrogen) atoms. The van der Waals surface area contributed by atoms with E-state index >= 15 is 0 Å². The molecule has 6 heteroatoms. The van der Waals surface area contributed by atoms with Crippen molar-refractivity contribution in [1.82, 2.24) is 4.57 Å². The van der Waals surface area contributed by atoms with Gasteiger partial charge in [-0.25, -0.2) is 0 Å². The van der Waals surface area contributed by atoms with Gasteiger partial charge in [0, 0.05) is 23.5 Å². The molecule has 0 saturated carbocycles. The monoisotopic (exact) mass is 286 g/mol. The molecule has 0 saturated heterocycles. The summed E-state index contributed by atoms with van der Waals surface area (Å²) in [4.78, 5) is 23.3. The van der Waals surface area contributed by atoms with Crippen LogP contribution in [0.4, 0.5) is 11.4 Å². The highest BCUT2D eigenvalue weighted by molar-refractivity contribution is 6.04. The van der Waals surface area contributed by atoms with Gasteiger partial charge >= 0.3 is 0 Å². The Morgan fingerprint density at radius 2 is 1.81 bits per heavy atom. The van der Waals surface area contributed by atoms with E-state index in [0.29, 0.717) is 22.6 Å². The summed E-state index contributed by atoms with van der Waals surface area (Å²) in [5, 5.41) is 2.77. The number of primary amides is 1. The third kappa shape index (κ3) is 3.22. The number of benzene rings is 1. The maximum atomic E-state index is 12.3. The number of hydrogen-bond acceptors (Lipinski definition) is 3. The Morgan fingerprint density at radius 1 is 1.19 bits per heavy atom. The highest BCUT2D eigenvalue weighted by atomic mass is 16.2. The van der Waals surface area contributed by atoms with Gasteiger partial charge in [-0.1, -0.05) is 0 Å². The van der Waals surface area contributed by atoms with E-state index in [1.807, 2.05) is 18.4 Å². The molecule has 0 aliphatic heterocycles. The van der Waals surface area contributed by atoms with Crippen LogP contribution in [0, 0.1) is 0 Å². The molecule has 0 bridgehead atoms. The number of nitrogens with one attached hydrogen (secondary N) is 1. The summed E-state index contributed by atoms with van der Waals surface area (Å²) in [6.07, 6.45) is 1.73. The summed E-state index contributed by atoms with van der Waals surface area (Å²) < 4.78 is 1.81. The van der Waals surface area contributed by atoms with E-state index in [1.165, 1.54) is 0 Å². The van der Waals surface area contributed by atoms with Gasteiger partial charge in [-0.05, 0) is 44.2 Å². The predicted octanol–water partition coefficient (Wildman–Crippen LogP) is 2.00. The highest BCUT2D eigenvalue weighted by Crippen LogP contribution is 2.18. The van der Waals surface area contributed by atoms with Crippen LogP contribution in [0.25, 0.3) is 0 Å². The van der Waals surface area contributed by atoms with Gasteiger partial charge in [0.2, 0.25) is 5.91 Å². The molecule has 0 unspecified atom stereocenters. The lowest BCUT2D eigenvalue weighted by Gasteiger charge is -2.12. The predicted molar refractivity (Wildman–Crippen MR) is 82.1 cm³/mol. The van der Waals surface area contributed by atoms with Crippen LogP contribution in [0.5, 0.6) is 0 Å². The zero-order chi connectivity index (χ0) is 15.6.